The number of carboxylic acid groups (broad SMARTS) is 1. The van der Waals surface area contributed by atoms with Gasteiger partial charge in [0.15, 0.2) is 6.61 Å². The molecule has 0 saturated heterocycles. The van der Waals surface area contributed by atoms with E-state index in [2.05, 4.69) is 0 Å². The van der Waals surface area contributed by atoms with Gasteiger partial charge in [-0.3, -0.25) is 0 Å². The van der Waals surface area contributed by atoms with Crippen LogP contribution >= 0.6 is 0 Å². The van der Waals surface area contributed by atoms with Gasteiger partial charge in [0, 0.05) is 6.07 Å². The van der Waals surface area contributed by atoms with Gasteiger partial charge >= 0.3 is 11.9 Å². The highest BCUT2D eigenvalue weighted by Crippen LogP contribution is 2.24. The number of hydrogen-bond acceptors (Lipinski definition) is 5. The molecular formula is C13H16O6. The summed E-state index contributed by atoms with van der Waals surface area (Å²) in [6, 6.07) is 4.26. The Morgan fingerprint density at radius 3 is 2.53 bits per heavy atom. The molecule has 0 spiro atoms. The first-order valence-corrected chi connectivity index (χ1v) is 5.67. The van der Waals surface area contributed by atoms with E-state index in [-0.39, 0.29) is 24.0 Å². The molecule has 6 heteroatoms. The molecule has 0 radical (unpaired) electrons. The van der Waals surface area contributed by atoms with Gasteiger partial charge in [-0.15, -0.1) is 0 Å². The first-order chi connectivity index (χ1) is 8.93. The molecule has 0 aromatic heterocycles. The van der Waals surface area contributed by atoms with Crippen molar-refractivity contribution in [3.63, 3.8) is 0 Å². The number of ether oxygens (including phenoxy) is 3. The Kier molecular flexibility index (Phi) is 5.17. The molecule has 19 heavy (non-hydrogen) atoms. The molecule has 0 amide bonds. The molecule has 1 aromatic carbocycles. The fourth-order valence-electron chi connectivity index (χ4n) is 1.36. The molecule has 0 fully saturated rings. The normalized spacial score (nSPS) is 10.1. The standard InChI is InChI=1S/C13H16O6/c1-8(2)19-12(14)7-18-11-6-9(17-3)4-5-10(11)13(15)16/h4-6,8H,7H2,1-3H3,(H,15,16). The molecule has 0 aliphatic heterocycles. The Labute approximate surface area is 110 Å². The van der Waals surface area contributed by atoms with Gasteiger partial charge in [-0.05, 0) is 26.0 Å². The molecule has 1 rings (SSSR count). The van der Waals surface area contributed by atoms with Gasteiger partial charge in [-0.1, -0.05) is 0 Å². The van der Waals surface area contributed by atoms with E-state index in [9.17, 15) is 9.59 Å². The summed E-state index contributed by atoms with van der Waals surface area (Å²) in [6.07, 6.45) is -0.250. The van der Waals surface area contributed by atoms with Crippen LogP contribution in [-0.2, 0) is 9.53 Å². The summed E-state index contributed by atoms with van der Waals surface area (Å²) in [4.78, 5) is 22.3. The summed E-state index contributed by atoms with van der Waals surface area (Å²) in [5.74, 6) is -1.20. The summed E-state index contributed by atoms with van der Waals surface area (Å²) in [5.41, 5.74) is -0.0434. The Morgan fingerprint density at radius 1 is 1.32 bits per heavy atom. The molecule has 0 heterocycles. The van der Waals surface area contributed by atoms with Crippen molar-refractivity contribution in [3.05, 3.63) is 23.8 Å². The number of carbonyl (C=O) groups is 2. The van der Waals surface area contributed by atoms with Gasteiger partial charge in [-0.25, -0.2) is 9.59 Å². The van der Waals surface area contributed by atoms with Crippen LogP contribution in [0, 0.1) is 0 Å². The lowest BCUT2D eigenvalue weighted by atomic mass is 10.2. The van der Waals surface area contributed by atoms with Gasteiger partial charge in [-0.2, -0.15) is 0 Å². The van der Waals surface area contributed by atoms with Crippen LogP contribution in [0.15, 0.2) is 18.2 Å². The van der Waals surface area contributed by atoms with Crippen LogP contribution in [0.5, 0.6) is 11.5 Å². The zero-order valence-corrected chi connectivity index (χ0v) is 11.0. The lowest BCUT2D eigenvalue weighted by Crippen LogP contribution is -2.19. The molecule has 1 aromatic rings. The van der Waals surface area contributed by atoms with Crippen molar-refractivity contribution in [2.75, 3.05) is 13.7 Å². The summed E-state index contributed by atoms with van der Waals surface area (Å²) < 4.78 is 15.0. The fraction of sp³-hybridized carbons (Fsp3) is 0.385. The fourth-order valence-corrected chi connectivity index (χ4v) is 1.36. The SMILES string of the molecule is COc1ccc(C(=O)O)c(OCC(=O)OC(C)C)c1. The number of methoxy groups -OCH3 is 1. The molecule has 0 unspecified atom stereocenters. The van der Waals surface area contributed by atoms with Gasteiger partial charge in [0.1, 0.15) is 17.1 Å². The number of hydrogen-bond donors (Lipinski definition) is 1. The third-order valence-corrected chi connectivity index (χ3v) is 2.13. The van der Waals surface area contributed by atoms with Crippen LogP contribution in [0.2, 0.25) is 0 Å². The van der Waals surface area contributed by atoms with Crippen LogP contribution in [0.1, 0.15) is 24.2 Å². The molecule has 0 bridgehead atoms. The first kappa shape index (κ1) is 14.8. The van der Waals surface area contributed by atoms with Crippen LogP contribution in [0.3, 0.4) is 0 Å². The predicted molar refractivity (Wildman–Crippen MR) is 66.7 cm³/mol. The van der Waals surface area contributed by atoms with E-state index in [0.717, 1.165) is 0 Å². The maximum Gasteiger partial charge on any atom is 0.344 e. The Balaban J connectivity index is 2.80. The van der Waals surface area contributed by atoms with E-state index in [1.807, 2.05) is 0 Å². The van der Waals surface area contributed by atoms with E-state index in [1.54, 1.807) is 13.8 Å². The van der Waals surface area contributed by atoms with Crippen molar-refractivity contribution in [2.24, 2.45) is 0 Å². The summed E-state index contributed by atoms with van der Waals surface area (Å²) in [5, 5.41) is 9.00. The van der Waals surface area contributed by atoms with Gasteiger partial charge < -0.3 is 19.3 Å². The Morgan fingerprint density at radius 2 is 2.00 bits per heavy atom. The van der Waals surface area contributed by atoms with Crippen molar-refractivity contribution in [2.45, 2.75) is 20.0 Å². The third kappa shape index (κ3) is 4.50. The number of rotatable bonds is 6. The van der Waals surface area contributed by atoms with Crippen LogP contribution in [0.4, 0.5) is 0 Å². The van der Waals surface area contributed by atoms with E-state index >= 15 is 0 Å². The maximum atomic E-state index is 11.3. The average Bonchev–Trinajstić information content (AvgIpc) is 2.34. The second kappa shape index (κ2) is 6.63. The van der Waals surface area contributed by atoms with Gasteiger partial charge in [0.2, 0.25) is 0 Å². The molecule has 0 saturated carbocycles. The van der Waals surface area contributed by atoms with Crippen molar-refractivity contribution < 1.29 is 28.9 Å². The molecule has 1 N–H and O–H groups in total. The number of benzene rings is 1. The second-order valence-electron chi connectivity index (χ2n) is 3.99. The minimum Gasteiger partial charge on any atom is -0.497 e. The van der Waals surface area contributed by atoms with E-state index in [4.69, 9.17) is 19.3 Å². The van der Waals surface area contributed by atoms with Crippen molar-refractivity contribution >= 4 is 11.9 Å². The highest BCUT2D eigenvalue weighted by atomic mass is 16.6. The molecular weight excluding hydrogens is 252 g/mol. The summed E-state index contributed by atoms with van der Waals surface area (Å²) in [7, 11) is 1.45. The molecule has 0 aliphatic rings. The second-order valence-corrected chi connectivity index (χ2v) is 3.99. The Bertz CT molecular complexity index is 466. The highest BCUT2D eigenvalue weighted by molar-refractivity contribution is 5.91. The minimum atomic E-state index is -1.14. The van der Waals surface area contributed by atoms with E-state index < -0.39 is 11.9 Å². The highest BCUT2D eigenvalue weighted by Gasteiger charge is 2.14. The van der Waals surface area contributed by atoms with Crippen LogP contribution < -0.4 is 9.47 Å². The summed E-state index contributed by atoms with van der Waals surface area (Å²) in [6.45, 7) is 3.07. The largest absolute Gasteiger partial charge is 0.497 e. The maximum absolute atomic E-state index is 11.3. The number of aromatic carboxylic acids is 1. The monoisotopic (exact) mass is 268 g/mol. The van der Waals surface area contributed by atoms with E-state index in [1.165, 1.54) is 25.3 Å². The number of carbonyl (C=O) groups excluding carboxylic acids is 1. The summed E-state index contributed by atoms with van der Waals surface area (Å²) >= 11 is 0. The quantitative estimate of drug-likeness (QED) is 0.791. The molecule has 104 valence electrons. The van der Waals surface area contributed by atoms with Crippen molar-refractivity contribution in [1.82, 2.24) is 0 Å². The van der Waals surface area contributed by atoms with Crippen molar-refractivity contribution in [1.29, 1.82) is 0 Å². The molecule has 0 atom stereocenters. The van der Waals surface area contributed by atoms with E-state index in [0.29, 0.717) is 5.75 Å². The Hall–Kier alpha value is -2.24. The van der Waals surface area contributed by atoms with Gasteiger partial charge in [0.05, 0.1) is 13.2 Å². The zero-order chi connectivity index (χ0) is 14.4. The number of esters is 1. The predicted octanol–water partition coefficient (Wildman–Crippen LogP) is 1.72. The van der Waals surface area contributed by atoms with Gasteiger partial charge in [0.25, 0.3) is 0 Å². The zero-order valence-electron chi connectivity index (χ0n) is 11.0. The number of carboxylic acids is 1. The van der Waals surface area contributed by atoms with Crippen molar-refractivity contribution in [3.8, 4) is 11.5 Å². The molecule has 0 aliphatic carbocycles. The lowest BCUT2D eigenvalue weighted by molar-refractivity contribution is -0.149. The first-order valence-electron chi connectivity index (χ1n) is 5.67. The van der Waals surface area contributed by atoms with Crippen LogP contribution in [-0.4, -0.2) is 36.9 Å². The molecule has 6 nitrogen and oxygen atoms in total. The average molecular weight is 268 g/mol. The smallest absolute Gasteiger partial charge is 0.344 e. The minimum absolute atomic E-state index is 0.0434. The topological polar surface area (TPSA) is 82.1 Å². The lowest BCUT2D eigenvalue weighted by Gasteiger charge is -2.11. The third-order valence-electron chi connectivity index (χ3n) is 2.13. The van der Waals surface area contributed by atoms with Crippen LogP contribution in [0.25, 0.3) is 0 Å².